The van der Waals surface area contributed by atoms with Crippen molar-refractivity contribution in [3.05, 3.63) is 0 Å². The molecule has 0 nitrogen and oxygen atoms in total. The van der Waals surface area contributed by atoms with Crippen LogP contribution in [0.2, 0.25) is 0 Å². The molecule has 24 heavy (non-hydrogen) atoms. The topological polar surface area (TPSA) is 0 Å². The molecule has 0 bridgehead atoms. The molecule has 0 aliphatic heterocycles. The van der Waals surface area contributed by atoms with E-state index >= 15 is 0 Å². The Morgan fingerprint density at radius 2 is 0.542 bits per heavy atom. The first kappa shape index (κ1) is 67.9. The van der Waals surface area contributed by atoms with E-state index in [0.29, 0.717) is 0 Å². The average Bonchev–Trinajstić information content (AvgIpc) is 2.00. The Hall–Kier alpha value is 16.5. The first-order valence-corrected chi connectivity index (χ1v) is 22.7. The van der Waals surface area contributed by atoms with Crippen LogP contribution in [0.1, 0.15) is 0 Å². The molecule has 0 saturated heterocycles. The van der Waals surface area contributed by atoms with Gasteiger partial charge in [0.05, 0.1) is 0 Å². The maximum atomic E-state index is 4.59. The molecule has 0 saturated carbocycles. The maximum Gasteiger partial charge on any atom is 3.00 e. The molecule has 0 spiro atoms. The Kier molecular flexibility index (Phi) is 124. The molecule has 0 aromatic carbocycles. The summed E-state index contributed by atoms with van der Waals surface area (Å²) in [5.41, 5.74) is 0. The molecule has 108 valence electrons. The molecule has 0 unspecified atom stereocenters. The Balaban J connectivity index is -0.0000000134. The summed E-state index contributed by atoms with van der Waals surface area (Å²) < 4.78 is -5.89. The molecule has 0 amide bonds. The van der Waals surface area contributed by atoms with Gasteiger partial charge in [0, 0.05) is 0 Å². The third-order valence-electron chi connectivity index (χ3n) is 0.183. The zero-order valence-corrected chi connectivity index (χ0v) is 49.8. The third kappa shape index (κ3) is 107. The minimum absolute atomic E-state index is 0. The monoisotopic (exact) mass is 889 g/mol. The Morgan fingerprint density at radius 1 is 0.500 bits per heavy atom. The van der Waals surface area contributed by atoms with Gasteiger partial charge in [-0.25, -0.2) is 0 Å². The van der Waals surface area contributed by atoms with E-state index in [1.807, 2.05) is 0 Å². The summed E-state index contributed by atoms with van der Waals surface area (Å²) in [5, 5.41) is 0. The van der Waals surface area contributed by atoms with Crippen molar-refractivity contribution in [1.29, 1.82) is 0 Å². The van der Waals surface area contributed by atoms with Gasteiger partial charge in [-0.15, -0.1) is 23.6 Å². The maximum absolute atomic E-state index is 4.59. The molecule has 0 aliphatic carbocycles. The molecule has 0 rings (SSSR count). The smallest absolute Gasteiger partial charge is 0.794 e. The fraction of sp³-hybridized carbons (Fsp3) is 0. The minimum Gasteiger partial charge on any atom is -0.794 e. The summed E-state index contributed by atoms with van der Waals surface area (Å²) in [5.74, 6) is 0. The van der Waals surface area contributed by atoms with Gasteiger partial charge < -0.3 is 134 Å². The molecule has 0 radical (unpaired) electrons. The molecule has 0 atom stereocenters. The quantitative estimate of drug-likeness (QED) is 0.112. The molecule has 24 heteroatoms. The summed E-state index contributed by atoms with van der Waals surface area (Å²) in [6, 6.07) is 0. The third-order valence-corrected chi connectivity index (χ3v) is 14.8. The van der Waals surface area contributed by atoms with E-state index in [1.165, 1.54) is 0 Å². The first-order chi connectivity index (χ1) is 7.12. The predicted molar refractivity (Wildman–Crippen MR) is 130 cm³/mol. The normalized spacial score (nSPS) is 8.38. The zero-order chi connectivity index (χ0) is 14.9. The van der Waals surface area contributed by atoms with Crippen molar-refractivity contribution in [3.63, 3.8) is 0 Å². The van der Waals surface area contributed by atoms with Gasteiger partial charge in [-0.2, -0.15) is 11.8 Å². The van der Waals surface area contributed by atoms with Crippen molar-refractivity contribution < 1.29 is 308 Å². The van der Waals surface area contributed by atoms with Crippen molar-refractivity contribution in [2.24, 2.45) is 0 Å². The van der Waals surface area contributed by atoms with E-state index < -0.39 is 10.9 Å². The number of rotatable bonds is 2. The van der Waals surface area contributed by atoms with Crippen LogP contribution >= 0.6 is 31.8 Å². The minimum atomic E-state index is -2.06. The van der Waals surface area contributed by atoms with Crippen molar-refractivity contribution in [3.8, 4) is 0 Å². The van der Waals surface area contributed by atoms with Crippen molar-refractivity contribution in [2.75, 3.05) is 0 Å². The molecular weight excluding hydrogens is 891 g/mol. The van der Waals surface area contributed by atoms with E-state index in [1.54, 1.807) is 0 Å². The first-order valence-electron chi connectivity index (χ1n) is 2.52. The fourth-order valence-corrected chi connectivity index (χ4v) is 0. The largest absolute Gasteiger partial charge is 3.00 e. The number of hydrogen-bond donors (Lipinski definition) is 0. The Labute approximate surface area is 491 Å². The summed E-state index contributed by atoms with van der Waals surface area (Å²) in [7, 11) is 2.04. The van der Waals surface area contributed by atoms with Crippen LogP contribution in [0, 0.1) is 0 Å². The van der Waals surface area contributed by atoms with Crippen LogP contribution in [0.4, 0.5) is 0 Å². The molecule has 0 N–H and O–H groups in total. The van der Waals surface area contributed by atoms with E-state index in [2.05, 4.69) is 144 Å². The van der Waals surface area contributed by atoms with E-state index in [-0.39, 0.29) is 334 Å². The van der Waals surface area contributed by atoms with Gasteiger partial charge in [-0.1, -0.05) is 0 Å². The zero-order valence-electron chi connectivity index (χ0n) is 13.6. The second-order valence-corrected chi connectivity index (χ2v) is 40.2. The summed E-state index contributed by atoms with van der Waals surface area (Å²) >= 11 is 53.9. The molecular formula is InK6P3S14. The fourth-order valence-electron chi connectivity index (χ4n) is 0. The van der Waals surface area contributed by atoms with Crippen molar-refractivity contribution in [1.82, 2.24) is 0 Å². The van der Waals surface area contributed by atoms with Crippen LogP contribution < -0.4 is 308 Å². The van der Waals surface area contributed by atoms with Crippen LogP contribution in [-0.4, -0.2) is 25.8 Å². The predicted octanol–water partition coefficient (Wildman–Crippen LogP) is -14.5. The Bertz CT molecular complexity index is 290. The van der Waals surface area contributed by atoms with Crippen molar-refractivity contribution >= 4 is 202 Å². The van der Waals surface area contributed by atoms with Crippen LogP contribution in [0.3, 0.4) is 0 Å². The van der Waals surface area contributed by atoms with E-state index in [9.17, 15) is 0 Å². The molecule has 0 heterocycles. The van der Waals surface area contributed by atoms with Crippen LogP contribution in [0.15, 0.2) is 0 Å². The summed E-state index contributed by atoms with van der Waals surface area (Å²) in [6.45, 7) is 0. The molecule has 0 fully saturated rings. The summed E-state index contributed by atoms with van der Waals surface area (Å²) in [6.07, 6.45) is 0. The Morgan fingerprint density at radius 3 is 0.542 bits per heavy atom. The average molecular weight is 891 g/mol. The van der Waals surface area contributed by atoms with Gasteiger partial charge in [0.15, 0.2) is 0 Å². The van der Waals surface area contributed by atoms with Gasteiger partial charge in [-0.3, -0.25) is 7.29 Å². The summed E-state index contributed by atoms with van der Waals surface area (Å²) in [4.78, 5) is 0. The van der Waals surface area contributed by atoms with Gasteiger partial charge in [0.2, 0.25) is 0 Å². The number of hydrogen-bond acceptors (Lipinski definition) is 14. The van der Waals surface area contributed by atoms with Gasteiger partial charge in [0.25, 0.3) is 0 Å². The standard InChI is InChI=1S/In.6K.2H3PS5.H3PS4/c;;;;;;;2*2-1(3,4)6-5;2-1(3,4)5/h;;;;;;;2*5H,(H2,2,3,4);(H3,2,3,4,5)/q+3;6*+1;;;/p-9. The van der Waals surface area contributed by atoms with Crippen LogP contribution in [-0.2, 0) is 144 Å². The molecule has 0 aromatic heterocycles. The van der Waals surface area contributed by atoms with E-state index in [0.717, 1.165) is 20.8 Å². The van der Waals surface area contributed by atoms with Gasteiger partial charge in [0.1, 0.15) is 0 Å². The van der Waals surface area contributed by atoms with Crippen LogP contribution in [0.25, 0.3) is 0 Å². The van der Waals surface area contributed by atoms with Gasteiger partial charge in [-0.05, 0) is 0 Å². The molecule has 0 aliphatic rings. The SMILES string of the molecule is S=P([S-])([S-])S[S-].S=P([S-])([S-])S[S-].S=P([S-])([S-])[S-].[In+3].[K+].[K+].[K+].[K+].[K+].[K+]. The second kappa shape index (κ2) is 43.9. The van der Waals surface area contributed by atoms with Crippen molar-refractivity contribution in [2.45, 2.75) is 0 Å². The van der Waals surface area contributed by atoms with Crippen LogP contribution in [0.5, 0.6) is 0 Å². The second-order valence-electron chi connectivity index (χ2n) is 1.49. The van der Waals surface area contributed by atoms with Gasteiger partial charge >= 0.3 is 334 Å². The van der Waals surface area contributed by atoms with E-state index in [4.69, 9.17) is 0 Å². The molecule has 0 aromatic rings.